The molecule has 3 aromatic rings. The molecule has 0 unspecified atom stereocenters. The highest BCUT2D eigenvalue weighted by molar-refractivity contribution is 7.14. The molecule has 4 rings (SSSR count). The molecular formula is C20H22ClN3O2S. The molecule has 0 aliphatic carbocycles. The maximum atomic E-state index is 12.6. The minimum Gasteiger partial charge on any atom is -0.466 e. The van der Waals surface area contributed by atoms with Crippen molar-refractivity contribution in [1.82, 2.24) is 10.3 Å². The average molecular weight is 404 g/mol. The molecule has 142 valence electrons. The van der Waals surface area contributed by atoms with E-state index in [1.807, 2.05) is 37.4 Å². The lowest BCUT2D eigenvalue weighted by Crippen LogP contribution is -2.16. The fourth-order valence-electron chi connectivity index (χ4n) is 3.32. The molecule has 0 saturated carbocycles. The number of carbonyl (C=O) groups excluding carboxylic acids is 1. The highest BCUT2D eigenvalue weighted by Crippen LogP contribution is 2.29. The Morgan fingerprint density at radius 3 is 2.70 bits per heavy atom. The highest BCUT2D eigenvalue weighted by Gasteiger charge is 2.15. The van der Waals surface area contributed by atoms with Crippen LogP contribution in [0.4, 0.5) is 5.13 Å². The SMILES string of the molecule is Cc1cc(-c2csc(NC(=O)c3ccc4c(c3)CCNCC4)n2)c(C)o1.Cl. The lowest BCUT2D eigenvalue weighted by Gasteiger charge is -2.08. The van der Waals surface area contributed by atoms with Crippen LogP contribution in [-0.4, -0.2) is 24.0 Å². The molecular weight excluding hydrogens is 382 g/mol. The van der Waals surface area contributed by atoms with Gasteiger partial charge in [0.1, 0.15) is 11.5 Å². The second kappa shape index (κ2) is 8.25. The molecule has 2 N–H and O–H groups in total. The second-order valence-corrected chi connectivity index (χ2v) is 7.41. The number of anilines is 1. The van der Waals surface area contributed by atoms with Crippen LogP contribution in [-0.2, 0) is 12.8 Å². The number of amides is 1. The van der Waals surface area contributed by atoms with Gasteiger partial charge in [0.25, 0.3) is 5.91 Å². The summed E-state index contributed by atoms with van der Waals surface area (Å²) in [6.45, 7) is 5.79. The summed E-state index contributed by atoms with van der Waals surface area (Å²) in [4.78, 5) is 17.2. The van der Waals surface area contributed by atoms with E-state index in [4.69, 9.17) is 4.42 Å². The van der Waals surface area contributed by atoms with E-state index in [1.54, 1.807) is 0 Å². The van der Waals surface area contributed by atoms with E-state index < -0.39 is 0 Å². The Labute approximate surface area is 168 Å². The maximum Gasteiger partial charge on any atom is 0.257 e. The Morgan fingerprint density at radius 1 is 1.19 bits per heavy atom. The summed E-state index contributed by atoms with van der Waals surface area (Å²) in [7, 11) is 0. The van der Waals surface area contributed by atoms with Crippen LogP contribution in [0.2, 0.25) is 0 Å². The van der Waals surface area contributed by atoms with Gasteiger partial charge in [-0.3, -0.25) is 10.1 Å². The van der Waals surface area contributed by atoms with E-state index in [1.165, 1.54) is 22.5 Å². The van der Waals surface area contributed by atoms with Crippen molar-refractivity contribution in [1.29, 1.82) is 0 Å². The fraction of sp³-hybridized carbons (Fsp3) is 0.300. The van der Waals surface area contributed by atoms with Gasteiger partial charge in [0.2, 0.25) is 0 Å². The van der Waals surface area contributed by atoms with Crippen molar-refractivity contribution >= 4 is 34.8 Å². The van der Waals surface area contributed by atoms with Crippen LogP contribution in [0.1, 0.15) is 33.0 Å². The molecule has 0 radical (unpaired) electrons. The number of rotatable bonds is 3. The summed E-state index contributed by atoms with van der Waals surface area (Å²) in [6, 6.07) is 7.95. The van der Waals surface area contributed by atoms with E-state index >= 15 is 0 Å². The third-order valence-corrected chi connectivity index (χ3v) is 5.41. The molecule has 1 aliphatic rings. The second-order valence-electron chi connectivity index (χ2n) is 6.55. The Hall–Kier alpha value is -2.15. The van der Waals surface area contributed by atoms with Gasteiger partial charge in [-0.15, -0.1) is 23.7 Å². The smallest absolute Gasteiger partial charge is 0.257 e. The Kier molecular flexibility index (Phi) is 5.99. The molecule has 1 aliphatic heterocycles. The van der Waals surface area contributed by atoms with Crippen molar-refractivity contribution < 1.29 is 9.21 Å². The van der Waals surface area contributed by atoms with Gasteiger partial charge < -0.3 is 9.73 Å². The standard InChI is InChI=1S/C20H21N3O2S.ClH/c1-12-9-17(13(2)25-12)18-11-26-20(22-18)23-19(24)16-4-3-14-5-7-21-8-6-15(14)10-16;/h3-4,9-11,21H,5-8H2,1-2H3,(H,22,23,24);1H. The fourth-order valence-corrected chi connectivity index (χ4v) is 4.03. The molecule has 1 amide bonds. The normalized spacial score (nSPS) is 13.4. The summed E-state index contributed by atoms with van der Waals surface area (Å²) >= 11 is 1.42. The lowest BCUT2D eigenvalue weighted by atomic mass is 10.00. The number of halogens is 1. The molecule has 27 heavy (non-hydrogen) atoms. The molecule has 0 saturated heterocycles. The molecule has 3 heterocycles. The first-order valence-electron chi connectivity index (χ1n) is 8.77. The predicted molar refractivity (Wildman–Crippen MR) is 111 cm³/mol. The van der Waals surface area contributed by atoms with E-state index in [0.29, 0.717) is 10.7 Å². The molecule has 0 bridgehead atoms. The summed E-state index contributed by atoms with van der Waals surface area (Å²) in [5.41, 5.74) is 5.06. The number of fused-ring (bicyclic) bond motifs is 1. The van der Waals surface area contributed by atoms with Gasteiger partial charge in [-0.1, -0.05) is 6.07 Å². The van der Waals surface area contributed by atoms with Crippen molar-refractivity contribution in [3.63, 3.8) is 0 Å². The van der Waals surface area contributed by atoms with Gasteiger partial charge in [0, 0.05) is 16.5 Å². The number of benzene rings is 1. The number of nitrogens with zero attached hydrogens (tertiary/aromatic N) is 1. The summed E-state index contributed by atoms with van der Waals surface area (Å²) in [5, 5.41) is 8.85. The Morgan fingerprint density at radius 2 is 1.96 bits per heavy atom. The van der Waals surface area contributed by atoms with E-state index in [9.17, 15) is 4.79 Å². The minimum atomic E-state index is -0.119. The van der Waals surface area contributed by atoms with Gasteiger partial charge >= 0.3 is 0 Å². The zero-order chi connectivity index (χ0) is 18.1. The number of carbonyl (C=O) groups is 1. The number of aryl methyl sites for hydroxylation is 2. The number of thiazole rings is 1. The zero-order valence-corrected chi connectivity index (χ0v) is 16.9. The molecule has 5 nitrogen and oxygen atoms in total. The van der Waals surface area contributed by atoms with Crippen LogP contribution >= 0.6 is 23.7 Å². The quantitative estimate of drug-likeness (QED) is 0.680. The number of furan rings is 1. The van der Waals surface area contributed by atoms with Crippen molar-refractivity contribution in [2.45, 2.75) is 26.7 Å². The lowest BCUT2D eigenvalue weighted by molar-refractivity contribution is 0.102. The van der Waals surface area contributed by atoms with Crippen LogP contribution in [0.25, 0.3) is 11.3 Å². The van der Waals surface area contributed by atoms with Crippen molar-refractivity contribution in [2.24, 2.45) is 0 Å². The predicted octanol–water partition coefficient (Wildman–Crippen LogP) is 4.38. The largest absolute Gasteiger partial charge is 0.466 e. The van der Waals surface area contributed by atoms with Gasteiger partial charge in [-0.05, 0) is 69.1 Å². The molecule has 0 atom stereocenters. The van der Waals surface area contributed by atoms with Gasteiger partial charge in [-0.25, -0.2) is 4.98 Å². The minimum absolute atomic E-state index is 0. The Bertz CT molecular complexity index is 964. The Balaban J connectivity index is 0.00000210. The zero-order valence-electron chi connectivity index (χ0n) is 15.3. The first-order chi connectivity index (χ1) is 12.6. The van der Waals surface area contributed by atoms with Crippen molar-refractivity contribution in [3.8, 4) is 11.3 Å². The molecule has 1 aromatic carbocycles. The van der Waals surface area contributed by atoms with Crippen molar-refractivity contribution in [3.05, 3.63) is 57.9 Å². The molecule has 0 fully saturated rings. The van der Waals surface area contributed by atoms with Crippen LogP contribution in [0.3, 0.4) is 0 Å². The van der Waals surface area contributed by atoms with Crippen molar-refractivity contribution in [2.75, 3.05) is 18.4 Å². The maximum absolute atomic E-state index is 12.6. The first kappa shape index (κ1) is 19.6. The number of hydrogen-bond donors (Lipinski definition) is 2. The summed E-state index contributed by atoms with van der Waals surface area (Å²) in [6.07, 6.45) is 1.97. The average Bonchev–Trinajstić information content (AvgIpc) is 3.12. The number of nitrogens with one attached hydrogen (secondary N) is 2. The summed E-state index contributed by atoms with van der Waals surface area (Å²) in [5.74, 6) is 1.58. The van der Waals surface area contributed by atoms with Gasteiger partial charge in [0.05, 0.1) is 5.69 Å². The van der Waals surface area contributed by atoms with Crippen LogP contribution in [0.5, 0.6) is 0 Å². The molecule has 0 spiro atoms. The third-order valence-electron chi connectivity index (χ3n) is 4.65. The van der Waals surface area contributed by atoms with E-state index in [-0.39, 0.29) is 18.3 Å². The van der Waals surface area contributed by atoms with Gasteiger partial charge in [-0.2, -0.15) is 0 Å². The number of hydrogen-bond acceptors (Lipinski definition) is 5. The van der Waals surface area contributed by atoms with Crippen LogP contribution < -0.4 is 10.6 Å². The third kappa shape index (κ3) is 4.24. The van der Waals surface area contributed by atoms with E-state index in [2.05, 4.69) is 21.7 Å². The van der Waals surface area contributed by atoms with Gasteiger partial charge in [0.15, 0.2) is 5.13 Å². The first-order valence-corrected chi connectivity index (χ1v) is 9.65. The molecule has 2 aromatic heterocycles. The molecule has 7 heteroatoms. The monoisotopic (exact) mass is 403 g/mol. The topological polar surface area (TPSA) is 67.2 Å². The van der Waals surface area contributed by atoms with Crippen LogP contribution in [0, 0.1) is 13.8 Å². The van der Waals surface area contributed by atoms with E-state index in [0.717, 1.165) is 48.7 Å². The van der Waals surface area contributed by atoms with Crippen LogP contribution in [0.15, 0.2) is 34.1 Å². The number of aromatic nitrogens is 1. The highest BCUT2D eigenvalue weighted by atomic mass is 35.5. The summed E-state index contributed by atoms with van der Waals surface area (Å²) < 4.78 is 5.56.